The zero-order chi connectivity index (χ0) is 27.3. The highest BCUT2D eigenvalue weighted by Crippen LogP contribution is 2.48. The quantitative estimate of drug-likeness (QED) is 0.220. The second kappa shape index (κ2) is 7.96. The van der Waals surface area contributed by atoms with E-state index in [9.17, 15) is 0 Å². The summed E-state index contributed by atoms with van der Waals surface area (Å²) in [4.78, 5) is 4.82. The first kappa shape index (κ1) is 22.6. The number of para-hydroxylation sites is 3. The summed E-state index contributed by atoms with van der Waals surface area (Å²) in [7, 11) is 0. The molecule has 9 rings (SSSR count). The molecule has 0 unspecified atom stereocenters. The molecule has 0 saturated heterocycles. The van der Waals surface area contributed by atoms with Crippen LogP contribution in [-0.4, -0.2) is 14.1 Å². The van der Waals surface area contributed by atoms with E-state index >= 15 is 0 Å². The average molecular weight is 526 g/mol. The molecular formula is C38H27N3. The number of pyridine rings is 1. The number of benzene rings is 5. The summed E-state index contributed by atoms with van der Waals surface area (Å²) in [6.07, 6.45) is 1.91. The van der Waals surface area contributed by atoms with Gasteiger partial charge in [-0.1, -0.05) is 80.6 Å². The summed E-state index contributed by atoms with van der Waals surface area (Å²) < 4.78 is 4.81. The Morgan fingerprint density at radius 1 is 0.488 bits per heavy atom. The Morgan fingerprint density at radius 2 is 1.02 bits per heavy atom. The van der Waals surface area contributed by atoms with Crippen LogP contribution in [0.15, 0.2) is 128 Å². The fourth-order valence-corrected chi connectivity index (χ4v) is 7.26. The van der Waals surface area contributed by atoms with E-state index in [0.717, 1.165) is 11.4 Å². The smallest absolute Gasteiger partial charge is 0.0746 e. The van der Waals surface area contributed by atoms with E-state index in [0.29, 0.717) is 0 Å². The van der Waals surface area contributed by atoms with Gasteiger partial charge in [0.1, 0.15) is 0 Å². The molecule has 1 aliphatic rings. The summed E-state index contributed by atoms with van der Waals surface area (Å²) >= 11 is 0. The van der Waals surface area contributed by atoms with Gasteiger partial charge in [0.05, 0.1) is 27.8 Å². The molecule has 3 heteroatoms. The van der Waals surface area contributed by atoms with E-state index in [1.165, 1.54) is 66.0 Å². The van der Waals surface area contributed by atoms with Crippen LogP contribution in [0.25, 0.3) is 66.2 Å². The van der Waals surface area contributed by atoms with Crippen molar-refractivity contribution in [2.45, 2.75) is 19.3 Å². The van der Waals surface area contributed by atoms with Crippen molar-refractivity contribution >= 4 is 43.6 Å². The standard InChI is InChI=1S/C38H27N3/c1-38(2)31-19-17-24(23-30(31)37-32(38)13-9-21-39-37)41-35-16-8-5-12-28(35)29-22-25(18-20-36(29)41)40-33-14-6-3-10-26(33)27-11-4-7-15-34(27)40/h3-23H,1-2H3. The van der Waals surface area contributed by atoms with E-state index < -0.39 is 0 Å². The lowest BCUT2D eigenvalue weighted by atomic mass is 9.83. The third-order valence-electron chi connectivity index (χ3n) is 9.17. The van der Waals surface area contributed by atoms with Crippen molar-refractivity contribution in [1.29, 1.82) is 0 Å². The summed E-state index contributed by atoms with van der Waals surface area (Å²) in [6, 6.07) is 44.3. The number of hydrogen-bond donors (Lipinski definition) is 0. The highest BCUT2D eigenvalue weighted by molar-refractivity contribution is 6.12. The largest absolute Gasteiger partial charge is 0.309 e. The van der Waals surface area contributed by atoms with Crippen LogP contribution in [0.5, 0.6) is 0 Å². The first-order valence-corrected chi connectivity index (χ1v) is 14.2. The molecule has 0 aliphatic heterocycles. The molecule has 3 aromatic heterocycles. The van der Waals surface area contributed by atoms with Crippen LogP contribution >= 0.6 is 0 Å². The number of aromatic nitrogens is 3. The van der Waals surface area contributed by atoms with Gasteiger partial charge < -0.3 is 9.13 Å². The SMILES string of the molecule is CC1(C)c2ccc(-n3c4ccccc4c4cc(-n5c6ccccc6c6ccccc65)ccc43)cc2-c2ncccc21. The van der Waals surface area contributed by atoms with Gasteiger partial charge in [-0.05, 0) is 65.7 Å². The van der Waals surface area contributed by atoms with Crippen LogP contribution in [0.4, 0.5) is 0 Å². The normalized spacial score (nSPS) is 13.8. The molecule has 8 aromatic rings. The van der Waals surface area contributed by atoms with Crippen LogP contribution in [0.1, 0.15) is 25.0 Å². The summed E-state index contributed by atoms with van der Waals surface area (Å²) in [5.41, 5.74) is 12.1. The zero-order valence-electron chi connectivity index (χ0n) is 23.0. The topological polar surface area (TPSA) is 22.8 Å². The number of nitrogens with zero attached hydrogens (tertiary/aromatic N) is 3. The van der Waals surface area contributed by atoms with Gasteiger partial charge in [0, 0.05) is 50.1 Å². The first-order valence-electron chi connectivity index (χ1n) is 14.2. The zero-order valence-corrected chi connectivity index (χ0v) is 23.0. The molecule has 0 amide bonds. The molecule has 0 saturated carbocycles. The minimum Gasteiger partial charge on any atom is -0.309 e. The molecule has 0 N–H and O–H groups in total. The second-order valence-electron chi connectivity index (χ2n) is 11.7. The molecule has 0 radical (unpaired) electrons. The Kier molecular flexibility index (Phi) is 4.39. The lowest BCUT2D eigenvalue weighted by molar-refractivity contribution is 0.659. The van der Waals surface area contributed by atoms with Crippen LogP contribution in [0.3, 0.4) is 0 Å². The highest BCUT2D eigenvalue weighted by atomic mass is 15.0. The van der Waals surface area contributed by atoms with E-state index in [2.05, 4.69) is 144 Å². The molecule has 0 atom stereocenters. The van der Waals surface area contributed by atoms with Crippen molar-refractivity contribution in [1.82, 2.24) is 14.1 Å². The number of rotatable bonds is 2. The molecule has 0 fully saturated rings. The predicted molar refractivity (Wildman–Crippen MR) is 170 cm³/mol. The third kappa shape index (κ3) is 2.95. The van der Waals surface area contributed by atoms with Crippen molar-refractivity contribution in [2.75, 3.05) is 0 Å². The van der Waals surface area contributed by atoms with Crippen LogP contribution in [0, 0.1) is 0 Å². The van der Waals surface area contributed by atoms with Gasteiger partial charge in [-0.15, -0.1) is 0 Å². The maximum Gasteiger partial charge on any atom is 0.0746 e. The summed E-state index contributed by atoms with van der Waals surface area (Å²) in [5, 5.41) is 5.06. The Hall–Kier alpha value is -5.15. The Labute approximate surface area is 237 Å². The van der Waals surface area contributed by atoms with Crippen LogP contribution < -0.4 is 0 Å². The Morgan fingerprint density at radius 3 is 1.68 bits per heavy atom. The van der Waals surface area contributed by atoms with Gasteiger partial charge in [0.15, 0.2) is 0 Å². The van der Waals surface area contributed by atoms with Crippen molar-refractivity contribution in [2.24, 2.45) is 0 Å². The van der Waals surface area contributed by atoms with E-state index in [1.807, 2.05) is 6.20 Å². The third-order valence-corrected chi connectivity index (χ3v) is 9.17. The average Bonchev–Trinajstić information content (AvgIpc) is 3.61. The maximum atomic E-state index is 4.82. The Balaban J connectivity index is 1.31. The molecular weight excluding hydrogens is 498 g/mol. The van der Waals surface area contributed by atoms with Crippen molar-refractivity contribution < 1.29 is 0 Å². The van der Waals surface area contributed by atoms with E-state index in [4.69, 9.17) is 4.98 Å². The highest BCUT2D eigenvalue weighted by Gasteiger charge is 2.36. The molecule has 3 nitrogen and oxygen atoms in total. The van der Waals surface area contributed by atoms with Crippen molar-refractivity contribution in [3.05, 3.63) is 139 Å². The lowest BCUT2D eigenvalue weighted by Crippen LogP contribution is -2.15. The molecule has 41 heavy (non-hydrogen) atoms. The summed E-state index contributed by atoms with van der Waals surface area (Å²) in [6.45, 7) is 4.60. The van der Waals surface area contributed by atoms with Gasteiger partial charge in [-0.3, -0.25) is 4.98 Å². The lowest BCUT2D eigenvalue weighted by Gasteiger charge is -2.21. The van der Waals surface area contributed by atoms with Crippen LogP contribution in [-0.2, 0) is 5.41 Å². The monoisotopic (exact) mass is 525 g/mol. The predicted octanol–water partition coefficient (Wildman–Crippen LogP) is 9.58. The fourth-order valence-electron chi connectivity index (χ4n) is 7.26. The van der Waals surface area contributed by atoms with Crippen molar-refractivity contribution in [3.8, 4) is 22.6 Å². The molecule has 194 valence electrons. The second-order valence-corrected chi connectivity index (χ2v) is 11.7. The van der Waals surface area contributed by atoms with Gasteiger partial charge in [0.2, 0.25) is 0 Å². The number of hydrogen-bond acceptors (Lipinski definition) is 1. The molecule has 3 heterocycles. The molecule has 0 bridgehead atoms. The number of fused-ring (bicyclic) bond motifs is 9. The van der Waals surface area contributed by atoms with Gasteiger partial charge in [-0.25, -0.2) is 0 Å². The van der Waals surface area contributed by atoms with Gasteiger partial charge >= 0.3 is 0 Å². The van der Waals surface area contributed by atoms with Crippen molar-refractivity contribution in [3.63, 3.8) is 0 Å². The first-order chi connectivity index (χ1) is 20.1. The summed E-state index contributed by atoms with van der Waals surface area (Å²) in [5.74, 6) is 0. The Bertz CT molecular complexity index is 2290. The molecule has 1 aliphatic carbocycles. The minimum atomic E-state index is -0.0600. The van der Waals surface area contributed by atoms with E-state index in [1.54, 1.807) is 0 Å². The molecule has 5 aromatic carbocycles. The minimum absolute atomic E-state index is 0.0600. The van der Waals surface area contributed by atoms with Gasteiger partial charge in [-0.2, -0.15) is 0 Å². The molecule has 0 spiro atoms. The van der Waals surface area contributed by atoms with Gasteiger partial charge in [0.25, 0.3) is 0 Å². The fraction of sp³-hybridized carbons (Fsp3) is 0.0789. The maximum absolute atomic E-state index is 4.82. The van der Waals surface area contributed by atoms with Crippen LogP contribution in [0.2, 0.25) is 0 Å². The van der Waals surface area contributed by atoms with E-state index in [-0.39, 0.29) is 5.41 Å².